The van der Waals surface area contributed by atoms with Crippen molar-refractivity contribution in [3.63, 3.8) is 0 Å². The minimum absolute atomic E-state index is 0.622. The van der Waals surface area contributed by atoms with E-state index in [0.717, 1.165) is 32.4 Å². The highest BCUT2D eigenvalue weighted by molar-refractivity contribution is 9.10. The Morgan fingerprint density at radius 1 is 1.00 bits per heavy atom. The molecule has 4 aromatic rings. The summed E-state index contributed by atoms with van der Waals surface area (Å²) in [5.41, 5.74) is 2.78. The van der Waals surface area contributed by atoms with Gasteiger partial charge >= 0.3 is 0 Å². The maximum atomic E-state index is 5.28. The number of methoxy groups -OCH3 is 1. The Hall–Kier alpha value is -2.99. The summed E-state index contributed by atoms with van der Waals surface area (Å²) in [5, 5.41) is 4.41. The SMILES string of the molecule is COc1cccc(-c2ncc(Br)c(Nc3ccc4ncccc4c3)n2)c1. The third kappa shape index (κ3) is 3.36. The van der Waals surface area contributed by atoms with E-state index in [4.69, 9.17) is 4.74 Å². The average molecular weight is 407 g/mol. The Balaban J connectivity index is 1.69. The predicted molar refractivity (Wildman–Crippen MR) is 107 cm³/mol. The van der Waals surface area contributed by atoms with Crippen molar-refractivity contribution in [1.82, 2.24) is 15.0 Å². The van der Waals surface area contributed by atoms with Crippen molar-refractivity contribution in [3.8, 4) is 17.1 Å². The molecule has 128 valence electrons. The van der Waals surface area contributed by atoms with Gasteiger partial charge in [-0.3, -0.25) is 4.98 Å². The molecule has 0 amide bonds. The lowest BCUT2D eigenvalue weighted by molar-refractivity contribution is 0.415. The maximum Gasteiger partial charge on any atom is 0.161 e. The first-order valence-electron chi connectivity index (χ1n) is 8.02. The summed E-state index contributed by atoms with van der Waals surface area (Å²) >= 11 is 3.51. The minimum atomic E-state index is 0.622. The van der Waals surface area contributed by atoms with Crippen LogP contribution in [0.4, 0.5) is 11.5 Å². The van der Waals surface area contributed by atoms with Gasteiger partial charge in [-0.05, 0) is 52.3 Å². The molecule has 2 aromatic carbocycles. The summed E-state index contributed by atoms with van der Waals surface area (Å²) < 4.78 is 6.07. The van der Waals surface area contributed by atoms with Crippen LogP contribution in [0.2, 0.25) is 0 Å². The highest BCUT2D eigenvalue weighted by Gasteiger charge is 2.09. The van der Waals surface area contributed by atoms with E-state index in [1.54, 1.807) is 19.5 Å². The van der Waals surface area contributed by atoms with E-state index >= 15 is 0 Å². The summed E-state index contributed by atoms with van der Waals surface area (Å²) in [6.07, 6.45) is 3.53. The molecule has 2 heterocycles. The van der Waals surface area contributed by atoms with Gasteiger partial charge in [-0.2, -0.15) is 0 Å². The average Bonchev–Trinajstić information content (AvgIpc) is 2.69. The van der Waals surface area contributed by atoms with Gasteiger partial charge in [-0.15, -0.1) is 0 Å². The second kappa shape index (κ2) is 7.09. The van der Waals surface area contributed by atoms with Gasteiger partial charge in [0.1, 0.15) is 11.6 Å². The molecule has 0 saturated carbocycles. The van der Waals surface area contributed by atoms with E-state index in [-0.39, 0.29) is 0 Å². The summed E-state index contributed by atoms with van der Waals surface area (Å²) in [7, 11) is 1.64. The molecular formula is C20H15BrN4O. The summed E-state index contributed by atoms with van der Waals surface area (Å²) in [4.78, 5) is 13.4. The van der Waals surface area contributed by atoms with Gasteiger partial charge in [-0.25, -0.2) is 9.97 Å². The van der Waals surface area contributed by atoms with E-state index in [1.165, 1.54) is 0 Å². The quantitative estimate of drug-likeness (QED) is 0.504. The van der Waals surface area contributed by atoms with Crippen molar-refractivity contribution in [2.75, 3.05) is 12.4 Å². The Labute approximate surface area is 159 Å². The van der Waals surface area contributed by atoms with Crippen LogP contribution in [0.25, 0.3) is 22.3 Å². The molecule has 0 bridgehead atoms. The fourth-order valence-electron chi connectivity index (χ4n) is 2.65. The number of halogens is 1. The normalized spacial score (nSPS) is 10.7. The third-order valence-corrected chi connectivity index (χ3v) is 4.52. The molecule has 0 fully saturated rings. The summed E-state index contributed by atoms with van der Waals surface area (Å²) in [6, 6.07) is 17.6. The van der Waals surface area contributed by atoms with Crippen molar-refractivity contribution in [1.29, 1.82) is 0 Å². The Bertz CT molecular complexity index is 1080. The number of hydrogen-bond donors (Lipinski definition) is 1. The van der Waals surface area contributed by atoms with E-state index in [9.17, 15) is 0 Å². The highest BCUT2D eigenvalue weighted by atomic mass is 79.9. The maximum absolute atomic E-state index is 5.28. The van der Waals surface area contributed by atoms with Gasteiger partial charge in [0.2, 0.25) is 0 Å². The van der Waals surface area contributed by atoms with Gasteiger partial charge in [0, 0.05) is 29.0 Å². The fraction of sp³-hybridized carbons (Fsp3) is 0.0500. The van der Waals surface area contributed by atoms with Gasteiger partial charge in [0.25, 0.3) is 0 Å². The Morgan fingerprint density at radius 3 is 2.81 bits per heavy atom. The van der Waals surface area contributed by atoms with Crippen molar-refractivity contribution >= 4 is 38.3 Å². The molecule has 4 rings (SSSR count). The molecule has 5 nitrogen and oxygen atoms in total. The number of hydrogen-bond acceptors (Lipinski definition) is 5. The first-order chi connectivity index (χ1) is 12.7. The molecule has 2 aromatic heterocycles. The van der Waals surface area contributed by atoms with Crippen molar-refractivity contribution in [2.24, 2.45) is 0 Å². The molecule has 26 heavy (non-hydrogen) atoms. The van der Waals surface area contributed by atoms with Crippen molar-refractivity contribution in [3.05, 3.63) is 71.5 Å². The number of nitrogens with one attached hydrogen (secondary N) is 1. The van der Waals surface area contributed by atoms with Crippen molar-refractivity contribution in [2.45, 2.75) is 0 Å². The smallest absolute Gasteiger partial charge is 0.161 e. The summed E-state index contributed by atoms with van der Waals surface area (Å²) in [6.45, 7) is 0. The second-order valence-corrected chi connectivity index (χ2v) is 6.51. The molecule has 0 atom stereocenters. The van der Waals surface area contributed by atoms with Crippen LogP contribution in [-0.4, -0.2) is 22.1 Å². The zero-order chi connectivity index (χ0) is 17.9. The largest absolute Gasteiger partial charge is 0.497 e. The molecule has 1 N–H and O–H groups in total. The Morgan fingerprint density at radius 2 is 1.92 bits per heavy atom. The highest BCUT2D eigenvalue weighted by Crippen LogP contribution is 2.28. The molecule has 0 spiro atoms. The van der Waals surface area contributed by atoms with Crippen LogP contribution < -0.4 is 10.1 Å². The zero-order valence-corrected chi connectivity index (χ0v) is 15.6. The molecule has 0 saturated heterocycles. The number of fused-ring (bicyclic) bond motifs is 1. The molecule has 0 aliphatic heterocycles. The van der Waals surface area contributed by atoms with E-state index in [1.807, 2.05) is 54.6 Å². The van der Waals surface area contributed by atoms with Crippen LogP contribution >= 0.6 is 15.9 Å². The van der Waals surface area contributed by atoms with Gasteiger partial charge < -0.3 is 10.1 Å². The molecular weight excluding hydrogens is 392 g/mol. The number of anilines is 2. The first-order valence-corrected chi connectivity index (χ1v) is 8.81. The standard InChI is InChI=1S/C20H15BrN4O/c1-26-16-6-2-4-14(11-16)19-23-12-17(21)20(25-19)24-15-7-8-18-13(10-15)5-3-9-22-18/h2-12H,1H3,(H,23,24,25). The minimum Gasteiger partial charge on any atom is -0.497 e. The monoisotopic (exact) mass is 406 g/mol. The molecule has 0 aliphatic rings. The molecule has 6 heteroatoms. The summed E-state index contributed by atoms with van der Waals surface area (Å²) in [5.74, 6) is 2.09. The predicted octanol–water partition coefficient (Wildman–Crippen LogP) is 5.21. The van der Waals surface area contributed by atoms with Crippen LogP contribution in [-0.2, 0) is 0 Å². The van der Waals surface area contributed by atoms with Crippen LogP contribution in [0.5, 0.6) is 5.75 Å². The molecule has 0 aliphatic carbocycles. The van der Waals surface area contributed by atoms with Crippen LogP contribution in [0.3, 0.4) is 0 Å². The number of aromatic nitrogens is 3. The lowest BCUT2D eigenvalue weighted by Crippen LogP contribution is -1.99. The topological polar surface area (TPSA) is 59.9 Å². The van der Waals surface area contributed by atoms with E-state index < -0.39 is 0 Å². The fourth-order valence-corrected chi connectivity index (χ4v) is 2.94. The van der Waals surface area contributed by atoms with Crippen LogP contribution in [0, 0.1) is 0 Å². The Kier molecular flexibility index (Phi) is 4.50. The number of nitrogens with zero attached hydrogens (tertiary/aromatic N) is 3. The number of ether oxygens (including phenoxy) is 1. The van der Waals surface area contributed by atoms with Gasteiger partial charge in [-0.1, -0.05) is 18.2 Å². The number of rotatable bonds is 4. The van der Waals surface area contributed by atoms with Crippen molar-refractivity contribution < 1.29 is 4.74 Å². The van der Waals surface area contributed by atoms with E-state index in [2.05, 4.69) is 36.2 Å². The van der Waals surface area contributed by atoms with Gasteiger partial charge in [0.05, 0.1) is 17.1 Å². The number of benzene rings is 2. The lowest BCUT2D eigenvalue weighted by atomic mass is 10.2. The zero-order valence-electron chi connectivity index (χ0n) is 14.0. The van der Waals surface area contributed by atoms with Crippen LogP contribution in [0.15, 0.2) is 71.5 Å². The van der Waals surface area contributed by atoms with Crippen LogP contribution in [0.1, 0.15) is 0 Å². The molecule has 0 radical (unpaired) electrons. The van der Waals surface area contributed by atoms with Gasteiger partial charge in [0.15, 0.2) is 5.82 Å². The first kappa shape index (κ1) is 16.5. The number of pyridine rings is 1. The lowest BCUT2D eigenvalue weighted by Gasteiger charge is -2.10. The third-order valence-electron chi connectivity index (χ3n) is 3.94. The van der Waals surface area contributed by atoms with E-state index in [0.29, 0.717) is 11.6 Å². The second-order valence-electron chi connectivity index (χ2n) is 5.66. The molecule has 0 unspecified atom stereocenters.